The van der Waals surface area contributed by atoms with Crippen LogP contribution in [0.2, 0.25) is 0 Å². The second-order valence-corrected chi connectivity index (χ2v) is 9.54. The summed E-state index contributed by atoms with van der Waals surface area (Å²) in [6.07, 6.45) is 0. The molecule has 0 radical (unpaired) electrons. The third-order valence-corrected chi connectivity index (χ3v) is 7.09. The van der Waals surface area contributed by atoms with Gasteiger partial charge in [0.15, 0.2) is 11.5 Å². The average molecular weight is 484 g/mol. The van der Waals surface area contributed by atoms with E-state index in [9.17, 15) is 18.4 Å². The number of fused-ring (bicyclic) bond motifs is 1. The molecule has 0 saturated heterocycles. The highest BCUT2D eigenvalue weighted by molar-refractivity contribution is 7.99. The quantitative estimate of drug-likeness (QED) is 0.475. The van der Waals surface area contributed by atoms with Gasteiger partial charge in [0.2, 0.25) is 5.91 Å². The van der Waals surface area contributed by atoms with Gasteiger partial charge in [-0.15, -0.1) is 23.1 Å². The molecule has 1 atom stereocenters. The predicted molar refractivity (Wildman–Crippen MR) is 122 cm³/mol. The van der Waals surface area contributed by atoms with Gasteiger partial charge in [-0.25, -0.2) is 4.98 Å². The molecule has 0 aliphatic carbocycles. The molecule has 1 aromatic carbocycles. The van der Waals surface area contributed by atoms with Gasteiger partial charge in [-0.1, -0.05) is 6.07 Å². The largest absolute Gasteiger partial charge is 0.493 e. The summed E-state index contributed by atoms with van der Waals surface area (Å²) >= 11 is 2.81. The van der Waals surface area contributed by atoms with Gasteiger partial charge < -0.3 is 19.8 Å². The summed E-state index contributed by atoms with van der Waals surface area (Å²) < 4.78 is 34.6. The Balaban J connectivity index is 1.59. The van der Waals surface area contributed by atoms with E-state index in [1.807, 2.05) is 13.8 Å². The van der Waals surface area contributed by atoms with Gasteiger partial charge >= 0.3 is 6.61 Å². The van der Waals surface area contributed by atoms with E-state index in [2.05, 4.69) is 20.0 Å². The van der Waals surface area contributed by atoms with Crippen LogP contribution in [0, 0.1) is 13.8 Å². The zero-order valence-corrected chi connectivity index (χ0v) is 19.6. The summed E-state index contributed by atoms with van der Waals surface area (Å²) in [4.78, 5) is 33.9. The van der Waals surface area contributed by atoms with Crippen LogP contribution in [-0.2, 0) is 17.1 Å². The van der Waals surface area contributed by atoms with Gasteiger partial charge in [0.1, 0.15) is 10.7 Å². The molecule has 0 aliphatic rings. The number of halogens is 2. The number of aryl methyl sites for hydroxylation is 2. The minimum absolute atomic E-state index is 0.0962. The minimum Gasteiger partial charge on any atom is -0.493 e. The van der Waals surface area contributed by atoms with Gasteiger partial charge in [-0.2, -0.15) is 8.78 Å². The highest BCUT2D eigenvalue weighted by atomic mass is 32.2. The molecular weight excluding hydrogens is 460 g/mol. The maximum absolute atomic E-state index is 12.6. The molecule has 0 fully saturated rings. The van der Waals surface area contributed by atoms with Crippen LogP contribution >= 0.6 is 23.1 Å². The number of alkyl halides is 2. The monoisotopic (exact) mass is 483 g/mol. The highest BCUT2D eigenvalue weighted by Crippen LogP contribution is 2.30. The second-order valence-electron chi connectivity index (χ2n) is 7.01. The van der Waals surface area contributed by atoms with Crippen LogP contribution in [0.15, 0.2) is 23.0 Å². The fraction of sp³-hybridized carbons (Fsp3) is 0.381. The summed E-state index contributed by atoms with van der Waals surface area (Å²) in [5.41, 5.74) is 1.35. The van der Waals surface area contributed by atoms with Crippen LogP contribution in [0.5, 0.6) is 11.5 Å². The number of aromatic amines is 1. The molecule has 1 amide bonds. The lowest BCUT2D eigenvalue weighted by atomic mass is 10.2. The number of hydrogen-bond donors (Lipinski definition) is 2. The summed E-state index contributed by atoms with van der Waals surface area (Å²) in [6.45, 7) is 2.76. The van der Waals surface area contributed by atoms with E-state index in [1.165, 1.54) is 42.3 Å². The molecule has 0 spiro atoms. The van der Waals surface area contributed by atoms with Gasteiger partial charge in [-0.3, -0.25) is 9.59 Å². The number of H-pyrrole nitrogens is 1. The molecule has 2 heterocycles. The zero-order valence-electron chi connectivity index (χ0n) is 18.0. The molecule has 3 rings (SSSR count). The number of carbonyl (C=O) groups excluding carboxylic acids is 1. The second kappa shape index (κ2) is 10.3. The smallest absolute Gasteiger partial charge is 0.387 e. The van der Waals surface area contributed by atoms with E-state index >= 15 is 0 Å². The Bertz CT molecular complexity index is 1180. The number of nitrogens with zero attached hydrogens (tertiary/aromatic N) is 1. The first-order valence-electron chi connectivity index (χ1n) is 9.69. The molecule has 3 aromatic rings. The van der Waals surface area contributed by atoms with Gasteiger partial charge in [0.05, 0.1) is 23.5 Å². The van der Waals surface area contributed by atoms with Crippen molar-refractivity contribution in [3.8, 4) is 11.5 Å². The topological polar surface area (TPSA) is 93.3 Å². The highest BCUT2D eigenvalue weighted by Gasteiger charge is 2.17. The van der Waals surface area contributed by atoms with Crippen molar-refractivity contribution >= 4 is 39.2 Å². The molecule has 0 saturated carbocycles. The maximum atomic E-state index is 12.6. The van der Waals surface area contributed by atoms with Crippen LogP contribution in [-0.4, -0.2) is 34.8 Å². The lowest BCUT2D eigenvalue weighted by molar-refractivity contribution is -0.120. The molecule has 0 aliphatic heterocycles. The number of hydrogen-bond acceptors (Lipinski definition) is 7. The molecular formula is C21H23F2N3O4S2. The molecule has 172 valence electrons. The summed E-state index contributed by atoms with van der Waals surface area (Å²) in [6, 6.07) is 4.56. The first kappa shape index (κ1) is 24.0. The Hall–Kier alpha value is -2.66. The number of ether oxygens (including phenoxy) is 2. The molecule has 0 bridgehead atoms. The number of amides is 1. The molecule has 11 heteroatoms. The first-order chi connectivity index (χ1) is 15.2. The number of benzene rings is 1. The van der Waals surface area contributed by atoms with Crippen LogP contribution in [0.1, 0.15) is 28.8 Å². The Labute approximate surface area is 191 Å². The predicted octanol–water partition coefficient (Wildman–Crippen LogP) is 4.15. The number of methoxy groups -OCH3 is 1. The number of carbonyl (C=O) groups is 1. The van der Waals surface area contributed by atoms with Crippen molar-refractivity contribution in [3.63, 3.8) is 0 Å². The molecule has 7 nitrogen and oxygen atoms in total. The van der Waals surface area contributed by atoms with Crippen molar-refractivity contribution in [1.82, 2.24) is 15.3 Å². The van der Waals surface area contributed by atoms with Crippen molar-refractivity contribution in [3.05, 3.63) is 50.4 Å². The lowest BCUT2D eigenvalue weighted by Crippen LogP contribution is -2.30. The Morgan fingerprint density at radius 3 is 2.75 bits per heavy atom. The molecule has 2 aromatic heterocycles. The zero-order chi connectivity index (χ0) is 23.4. The number of nitrogens with one attached hydrogen (secondary N) is 2. The lowest BCUT2D eigenvalue weighted by Gasteiger charge is -2.14. The normalized spacial score (nSPS) is 12.2. The number of rotatable bonds is 9. The third-order valence-electron chi connectivity index (χ3n) is 4.84. The van der Waals surface area contributed by atoms with Gasteiger partial charge in [0, 0.05) is 11.4 Å². The van der Waals surface area contributed by atoms with Crippen LogP contribution in [0.3, 0.4) is 0 Å². The van der Waals surface area contributed by atoms with E-state index in [1.54, 1.807) is 13.0 Å². The van der Waals surface area contributed by atoms with E-state index in [0.717, 1.165) is 10.4 Å². The van der Waals surface area contributed by atoms with Crippen molar-refractivity contribution in [1.29, 1.82) is 0 Å². The number of aromatic nitrogens is 2. The Kier molecular flexibility index (Phi) is 7.73. The van der Waals surface area contributed by atoms with Gasteiger partial charge in [-0.05, 0) is 44.0 Å². The number of thiophene rings is 1. The molecule has 2 N–H and O–H groups in total. The Morgan fingerprint density at radius 1 is 1.31 bits per heavy atom. The van der Waals surface area contributed by atoms with Gasteiger partial charge in [0.25, 0.3) is 5.56 Å². The first-order valence-corrected chi connectivity index (χ1v) is 11.6. The Morgan fingerprint density at radius 2 is 2.06 bits per heavy atom. The van der Waals surface area contributed by atoms with Crippen LogP contribution in [0.25, 0.3) is 10.2 Å². The van der Waals surface area contributed by atoms with E-state index in [-0.39, 0.29) is 29.5 Å². The minimum atomic E-state index is -2.98. The van der Waals surface area contributed by atoms with Crippen molar-refractivity contribution in [2.24, 2.45) is 0 Å². The molecule has 1 unspecified atom stereocenters. The van der Waals surface area contributed by atoms with Crippen molar-refractivity contribution in [2.75, 3.05) is 7.11 Å². The number of thioether (sulfide) groups is 1. The summed E-state index contributed by atoms with van der Waals surface area (Å²) in [7, 11) is 1.36. The van der Waals surface area contributed by atoms with Crippen molar-refractivity contribution in [2.45, 2.75) is 44.9 Å². The average Bonchev–Trinajstić information content (AvgIpc) is 3.03. The van der Waals surface area contributed by atoms with Crippen LogP contribution < -0.4 is 20.3 Å². The third kappa shape index (κ3) is 5.57. The maximum Gasteiger partial charge on any atom is 0.387 e. The van der Waals surface area contributed by atoms with Crippen molar-refractivity contribution < 1.29 is 23.0 Å². The standard InChI is InChI=1S/C21H23F2N3O4S2/c1-10-11(2)32-20-17(10)19(28)25-16(26-20)9-31-12(3)18(27)24-8-13-5-6-14(29-4)15(7-13)30-21(22)23/h5-7,12,21H,8-9H2,1-4H3,(H,24,27)(H,25,26,28). The SMILES string of the molecule is COc1ccc(CNC(=O)C(C)SCc2nc3sc(C)c(C)c3c(=O)[nH]2)cc1OC(F)F. The van der Waals surface area contributed by atoms with Crippen LogP contribution in [0.4, 0.5) is 8.78 Å². The summed E-state index contributed by atoms with van der Waals surface area (Å²) in [5, 5.41) is 2.96. The fourth-order valence-electron chi connectivity index (χ4n) is 3.00. The van der Waals surface area contributed by atoms with E-state index in [4.69, 9.17) is 4.74 Å². The molecule has 32 heavy (non-hydrogen) atoms. The van der Waals surface area contributed by atoms with E-state index < -0.39 is 11.9 Å². The fourth-order valence-corrected chi connectivity index (χ4v) is 4.83. The summed E-state index contributed by atoms with van der Waals surface area (Å²) in [5.74, 6) is 0.732. The van der Waals surface area contributed by atoms with E-state index in [0.29, 0.717) is 27.4 Å².